The van der Waals surface area contributed by atoms with Crippen molar-refractivity contribution in [1.82, 2.24) is 8.96 Å². The van der Waals surface area contributed by atoms with Crippen LogP contribution in [-0.2, 0) is 19.6 Å². The maximum atomic E-state index is 14.0. The summed E-state index contributed by atoms with van der Waals surface area (Å²) in [6, 6.07) is 20.6. The van der Waals surface area contributed by atoms with E-state index >= 15 is 0 Å². The Morgan fingerprint density at radius 2 is 1.69 bits per heavy atom. The quantitative estimate of drug-likeness (QED) is 0.186. The molecular weight excluding hydrogens is 572 g/mol. The molecule has 3 aromatic carbocycles. The van der Waals surface area contributed by atoms with Gasteiger partial charge in [-0.05, 0) is 50.3 Å². The number of Topliss-reactive ketones (excluding diaryl/α,β-unsaturated/α-hetero) is 1. The number of carbonyl (C=O) groups is 2. The average molecular weight is 607 g/mol. The summed E-state index contributed by atoms with van der Waals surface area (Å²) >= 11 is 1.32. The van der Waals surface area contributed by atoms with Crippen LogP contribution in [0.3, 0.4) is 0 Å². The lowest BCUT2D eigenvalue weighted by Crippen LogP contribution is -2.36. The number of thioether (sulfide) groups is 1. The molecule has 42 heavy (non-hydrogen) atoms. The van der Waals surface area contributed by atoms with Gasteiger partial charge in [0.05, 0.1) is 28.6 Å². The minimum absolute atomic E-state index is 0.112. The Morgan fingerprint density at radius 3 is 2.31 bits per heavy atom. The summed E-state index contributed by atoms with van der Waals surface area (Å²) in [6.07, 6.45) is 3.21. The molecule has 220 valence electrons. The van der Waals surface area contributed by atoms with Gasteiger partial charge in [-0.3, -0.25) is 9.59 Å². The highest BCUT2D eigenvalue weighted by Crippen LogP contribution is 2.39. The highest BCUT2D eigenvalue weighted by molar-refractivity contribution is 8.00. The maximum Gasteiger partial charge on any atom is 0.322 e. The topological polar surface area (TPSA) is 125 Å². The predicted molar refractivity (Wildman–Crippen MR) is 167 cm³/mol. The average Bonchev–Trinajstić information content (AvgIpc) is 3.40. The van der Waals surface area contributed by atoms with Crippen LogP contribution in [0.4, 0.5) is 11.5 Å². The Kier molecular flexibility index (Phi) is 9.55. The first-order valence-electron chi connectivity index (χ1n) is 13.2. The van der Waals surface area contributed by atoms with Gasteiger partial charge in [-0.25, -0.2) is 17.4 Å². The Balaban J connectivity index is 1.80. The number of nitrogens with zero attached hydrogens (tertiary/aromatic N) is 3. The van der Waals surface area contributed by atoms with Crippen molar-refractivity contribution in [2.75, 3.05) is 25.3 Å². The second-order valence-electron chi connectivity index (χ2n) is 9.85. The molecule has 0 aliphatic rings. The zero-order chi connectivity index (χ0) is 30.6. The van der Waals surface area contributed by atoms with Crippen LogP contribution in [0.25, 0.3) is 11.1 Å². The molecule has 0 radical (unpaired) electrons. The molecule has 4 rings (SSSR count). The number of methoxy groups -OCH3 is 1. The van der Waals surface area contributed by atoms with Gasteiger partial charge in [0.1, 0.15) is 12.4 Å². The molecular formula is C31H34N4O5S2. The van der Waals surface area contributed by atoms with E-state index in [4.69, 9.17) is 10.5 Å². The molecule has 1 heterocycles. The number of hydrogen-bond donors (Lipinski definition) is 1. The minimum Gasteiger partial charge on any atom is -0.468 e. The largest absolute Gasteiger partial charge is 0.468 e. The fraction of sp³-hybridized carbons (Fsp3) is 0.258. The molecule has 0 aliphatic heterocycles. The molecule has 9 nitrogen and oxygen atoms in total. The number of ether oxygens (including phenoxy) is 1. The first-order chi connectivity index (χ1) is 20.0. The van der Waals surface area contributed by atoms with Crippen LogP contribution >= 0.6 is 11.8 Å². The third-order valence-electron chi connectivity index (χ3n) is 7.12. The number of carbonyl (C=O) groups excluding carboxylic acids is 2. The van der Waals surface area contributed by atoms with E-state index in [1.54, 1.807) is 61.5 Å². The number of aryl methyl sites for hydroxylation is 1. The number of esters is 1. The van der Waals surface area contributed by atoms with Crippen LogP contribution in [0.5, 0.6) is 0 Å². The van der Waals surface area contributed by atoms with Gasteiger partial charge in [0.15, 0.2) is 11.6 Å². The number of aromatic nitrogens is 2. The second kappa shape index (κ2) is 12.9. The molecule has 0 spiro atoms. The third-order valence-corrected chi connectivity index (χ3v) is 9.84. The van der Waals surface area contributed by atoms with Crippen LogP contribution < -0.4 is 10.6 Å². The van der Waals surface area contributed by atoms with Crippen LogP contribution in [0, 0.1) is 13.8 Å². The lowest BCUT2D eigenvalue weighted by Gasteiger charge is -2.25. The summed E-state index contributed by atoms with van der Waals surface area (Å²) < 4.78 is 32.8. The monoisotopic (exact) mass is 606 g/mol. The smallest absolute Gasteiger partial charge is 0.322 e. The normalized spacial score (nSPS) is 12.9. The summed E-state index contributed by atoms with van der Waals surface area (Å²) in [5.74, 6) is -0.341. The molecule has 1 aromatic heterocycles. The van der Waals surface area contributed by atoms with E-state index in [1.807, 2.05) is 43.3 Å². The van der Waals surface area contributed by atoms with Crippen LogP contribution in [0.15, 0.2) is 84.0 Å². The van der Waals surface area contributed by atoms with Crippen molar-refractivity contribution in [3.05, 3.63) is 95.9 Å². The SMILES string of the molecule is COC(=O)[C@@H](N)CC(SC)C(=O)c1cccc(N(C)c2ncn(S(=O)(=O)c3ccc(C)cc3)c2C)c1-c1ccccc1. The van der Waals surface area contributed by atoms with Gasteiger partial charge in [-0.1, -0.05) is 60.2 Å². The zero-order valence-electron chi connectivity index (χ0n) is 24.1. The highest BCUT2D eigenvalue weighted by atomic mass is 32.2. The van der Waals surface area contributed by atoms with E-state index in [-0.39, 0.29) is 17.1 Å². The molecule has 2 atom stereocenters. The fourth-order valence-corrected chi connectivity index (χ4v) is 6.85. The van der Waals surface area contributed by atoms with E-state index < -0.39 is 27.3 Å². The molecule has 0 bridgehead atoms. The summed E-state index contributed by atoms with van der Waals surface area (Å²) in [4.78, 5) is 32.4. The fourth-order valence-electron chi connectivity index (χ4n) is 4.79. The number of ketones is 1. The van der Waals surface area contributed by atoms with Crippen LogP contribution in [0.2, 0.25) is 0 Å². The Hall–Kier alpha value is -3.93. The zero-order valence-corrected chi connectivity index (χ0v) is 25.8. The predicted octanol–water partition coefficient (Wildman–Crippen LogP) is 4.98. The van der Waals surface area contributed by atoms with Gasteiger partial charge in [-0.15, -0.1) is 0 Å². The van der Waals surface area contributed by atoms with Crippen molar-refractivity contribution in [3.63, 3.8) is 0 Å². The molecule has 0 aliphatic carbocycles. The number of anilines is 2. The van der Waals surface area contributed by atoms with E-state index in [9.17, 15) is 18.0 Å². The standard InChI is InChI=1S/C31H34N4O5S2/c1-20-14-16-23(17-15-20)42(38,39)35-19-33-30(21(35)2)34(3)26-13-9-12-24(28(26)22-10-7-6-8-11-22)29(36)27(41-5)18-25(32)31(37)40-4/h6-17,19,25,27H,18,32H2,1-5H3/t25-,27?/m0/s1. The first-order valence-corrected chi connectivity index (χ1v) is 15.9. The number of benzene rings is 3. The molecule has 1 unspecified atom stereocenters. The number of rotatable bonds is 11. The van der Waals surface area contributed by atoms with Gasteiger partial charge in [-0.2, -0.15) is 11.8 Å². The number of hydrogen-bond acceptors (Lipinski definition) is 9. The van der Waals surface area contributed by atoms with Gasteiger partial charge >= 0.3 is 5.97 Å². The van der Waals surface area contributed by atoms with Crippen molar-refractivity contribution in [2.24, 2.45) is 5.73 Å². The van der Waals surface area contributed by atoms with Crippen LogP contribution in [-0.4, -0.2) is 60.8 Å². The van der Waals surface area contributed by atoms with Crippen molar-refractivity contribution in [2.45, 2.75) is 36.5 Å². The van der Waals surface area contributed by atoms with Gasteiger partial charge in [0.25, 0.3) is 10.0 Å². The van der Waals surface area contributed by atoms with E-state index in [2.05, 4.69) is 4.98 Å². The van der Waals surface area contributed by atoms with Crippen molar-refractivity contribution >= 4 is 45.0 Å². The molecule has 2 N–H and O–H groups in total. The maximum absolute atomic E-state index is 14.0. The van der Waals surface area contributed by atoms with Crippen molar-refractivity contribution in [1.29, 1.82) is 0 Å². The third kappa shape index (κ3) is 6.13. The van der Waals surface area contributed by atoms with E-state index in [0.717, 1.165) is 11.1 Å². The van der Waals surface area contributed by atoms with Crippen molar-refractivity contribution < 1.29 is 22.7 Å². The number of imidazole rings is 1. The summed E-state index contributed by atoms with van der Waals surface area (Å²) in [6.45, 7) is 3.59. The van der Waals surface area contributed by atoms with E-state index in [0.29, 0.717) is 28.3 Å². The Morgan fingerprint density at radius 1 is 1.02 bits per heavy atom. The second-order valence-corrected chi connectivity index (χ2v) is 12.7. The van der Waals surface area contributed by atoms with Gasteiger partial charge in [0.2, 0.25) is 0 Å². The first kappa shape index (κ1) is 31.0. The van der Waals surface area contributed by atoms with Gasteiger partial charge < -0.3 is 15.4 Å². The molecule has 0 fully saturated rings. The molecule has 0 saturated carbocycles. The Labute approximate surface area is 250 Å². The molecule has 0 amide bonds. The summed E-state index contributed by atoms with van der Waals surface area (Å²) in [5.41, 5.74) is 9.95. The highest BCUT2D eigenvalue weighted by Gasteiger charge is 2.30. The van der Waals surface area contributed by atoms with Crippen LogP contribution in [0.1, 0.15) is 28.0 Å². The van der Waals surface area contributed by atoms with Crippen molar-refractivity contribution in [3.8, 4) is 11.1 Å². The molecule has 11 heteroatoms. The van der Waals surface area contributed by atoms with Gasteiger partial charge in [0, 0.05) is 18.2 Å². The molecule has 4 aromatic rings. The summed E-state index contributed by atoms with van der Waals surface area (Å²) in [7, 11) is -0.830. The Bertz CT molecular complexity index is 1690. The number of nitrogens with two attached hydrogens (primary N) is 1. The minimum atomic E-state index is -3.88. The van der Waals surface area contributed by atoms with E-state index in [1.165, 1.54) is 29.2 Å². The lowest BCUT2D eigenvalue weighted by molar-refractivity contribution is -0.142. The lowest BCUT2D eigenvalue weighted by atomic mass is 9.92. The molecule has 0 saturated heterocycles. The summed E-state index contributed by atoms with van der Waals surface area (Å²) in [5, 5.41) is -0.595.